The molecule has 1 unspecified atom stereocenters. The molecule has 2 nitrogen and oxygen atoms in total. The summed E-state index contributed by atoms with van der Waals surface area (Å²) in [5.74, 6) is 2.66. The summed E-state index contributed by atoms with van der Waals surface area (Å²) < 4.78 is 5.26. The highest BCUT2D eigenvalue weighted by atomic mass is 16.5. The van der Waals surface area contributed by atoms with E-state index in [0.29, 0.717) is 17.3 Å². The molecule has 24 heavy (non-hydrogen) atoms. The summed E-state index contributed by atoms with van der Waals surface area (Å²) in [5.41, 5.74) is 2.46. The van der Waals surface area contributed by atoms with Gasteiger partial charge in [-0.15, -0.1) is 0 Å². The molecule has 0 heterocycles. The molecule has 0 N–H and O–H groups in total. The molecular formula is C22H36O2. The van der Waals surface area contributed by atoms with Gasteiger partial charge in [0.05, 0.1) is 0 Å². The van der Waals surface area contributed by atoms with Gasteiger partial charge in [0.25, 0.3) is 6.47 Å². The summed E-state index contributed by atoms with van der Waals surface area (Å²) in [6, 6.07) is 0. The van der Waals surface area contributed by atoms with E-state index in [1.165, 1.54) is 44.9 Å². The number of allylic oxidation sites excluding steroid dienone is 1. The first-order valence-corrected chi connectivity index (χ1v) is 10.3. The molecule has 2 saturated carbocycles. The summed E-state index contributed by atoms with van der Waals surface area (Å²) in [6.07, 6.45) is 14.0. The predicted octanol–water partition coefficient (Wildman–Crippen LogP) is 5.91. The molecule has 0 radical (unpaired) electrons. The van der Waals surface area contributed by atoms with Gasteiger partial charge < -0.3 is 4.74 Å². The van der Waals surface area contributed by atoms with Crippen LogP contribution in [0.25, 0.3) is 0 Å². The van der Waals surface area contributed by atoms with Crippen LogP contribution in [0.5, 0.6) is 0 Å². The number of carbonyl (C=O) groups excluding carboxylic acids is 1. The molecule has 3 aliphatic rings. The Labute approximate surface area is 148 Å². The fraction of sp³-hybridized carbons (Fsp3) is 0.864. The van der Waals surface area contributed by atoms with Crippen molar-refractivity contribution in [2.24, 2.45) is 28.6 Å². The van der Waals surface area contributed by atoms with Gasteiger partial charge in [0, 0.05) is 6.42 Å². The van der Waals surface area contributed by atoms with Crippen molar-refractivity contribution >= 4 is 6.47 Å². The molecule has 3 aliphatic carbocycles. The maximum Gasteiger partial charge on any atom is 0.293 e. The van der Waals surface area contributed by atoms with Crippen LogP contribution in [-0.2, 0) is 9.53 Å². The molecule has 0 saturated heterocycles. The van der Waals surface area contributed by atoms with E-state index in [0.717, 1.165) is 30.6 Å². The molecule has 0 aromatic rings. The molecular weight excluding hydrogens is 296 g/mol. The average molecular weight is 333 g/mol. The van der Waals surface area contributed by atoms with Gasteiger partial charge in [-0.25, -0.2) is 0 Å². The standard InChI is InChI=1S/C22H36O2/c1-5-17-9-10-20(22(17,4)6-2)16-7-8-18-13-19(24-15-23)11-12-21(18,3)14-16/h8,15-17,19-20H,5-7,9-14H2,1-4H3/t16-,17+,19+,20?,21-,22-/m1/s1. The second-order valence-corrected chi connectivity index (χ2v) is 9.24. The molecule has 3 rings (SSSR count). The highest BCUT2D eigenvalue weighted by Gasteiger charge is 2.50. The van der Waals surface area contributed by atoms with Crippen LogP contribution in [-0.4, -0.2) is 12.6 Å². The third kappa shape index (κ3) is 2.95. The zero-order valence-corrected chi connectivity index (χ0v) is 16.1. The molecule has 136 valence electrons. The van der Waals surface area contributed by atoms with Crippen molar-refractivity contribution < 1.29 is 9.53 Å². The Kier molecular flexibility index (Phi) is 5.14. The normalized spacial score (nSPS) is 45.4. The largest absolute Gasteiger partial charge is 0.464 e. The Morgan fingerprint density at radius 2 is 2.04 bits per heavy atom. The molecule has 0 amide bonds. The van der Waals surface area contributed by atoms with E-state index in [-0.39, 0.29) is 6.10 Å². The summed E-state index contributed by atoms with van der Waals surface area (Å²) in [5, 5.41) is 0. The first kappa shape index (κ1) is 18.0. The van der Waals surface area contributed by atoms with Gasteiger partial charge in [0.1, 0.15) is 6.10 Å². The molecule has 6 atom stereocenters. The zero-order valence-electron chi connectivity index (χ0n) is 16.1. The van der Waals surface area contributed by atoms with E-state index >= 15 is 0 Å². The minimum absolute atomic E-state index is 0.121. The summed E-state index contributed by atoms with van der Waals surface area (Å²) in [6.45, 7) is 10.5. The van der Waals surface area contributed by atoms with Crippen LogP contribution < -0.4 is 0 Å². The predicted molar refractivity (Wildman–Crippen MR) is 98.6 cm³/mol. The Hall–Kier alpha value is -0.790. The number of hydrogen-bond acceptors (Lipinski definition) is 2. The SMILES string of the molecule is CC[C@H]1CCC([C@@H]2CC=C3C[C@@H](OC=O)CC[C@]3(C)C2)[C@]1(C)CC. The van der Waals surface area contributed by atoms with E-state index in [9.17, 15) is 4.79 Å². The molecule has 0 spiro atoms. The third-order valence-electron chi connectivity index (χ3n) is 8.30. The van der Waals surface area contributed by atoms with Crippen molar-refractivity contribution in [3.05, 3.63) is 11.6 Å². The number of ether oxygens (including phenoxy) is 1. The molecule has 2 heteroatoms. The molecule has 2 fully saturated rings. The van der Waals surface area contributed by atoms with Crippen LogP contribution >= 0.6 is 0 Å². The average Bonchev–Trinajstić information content (AvgIpc) is 2.92. The van der Waals surface area contributed by atoms with Gasteiger partial charge in [0.2, 0.25) is 0 Å². The lowest BCUT2D eigenvalue weighted by Crippen LogP contribution is -2.40. The van der Waals surface area contributed by atoms with Crippen molar-refractivity contribution in [3.8, 4) is 0 Å². The van der Waals surface area contributed by atoms with Gasteiger partial charge in [-0.3, -0.25) is 4.79 Å². The summed E-state index contributed by atoms with van der Waals surface area (Å²) >= 11 is 0. The smallest absolute Gasteiger partial charge is 0.293 e. The van der Waals surface area contributed by atoms with E-state index in [2.05, 4.69) is 33.8 Å². The zero-order chi connectivity index (χ0) is 17.4. The third-order valence-corrected chi connectivity index (χ3v) is 8.30. The topological polar surface area (TPSA) is 26.3 Å². The molecule has 0 aliphatic heterocycles. The fourth-order valence-electron chi connectivity index (χ4n) is 6.59. The number of hydrogen-bond donors (Lipinski definition) is 0. The number of carbonyl (C=O) groups is 1. The van der Waals surface area contributed by atoms with Crippen LogP contribution in [0, 0.1) is 28.6 Å². The molecule has 0 bridgehead atoms. The molecule has 0 aromatic heterocycles. The Balaban J connectivity index is 1.76. The van der Waals surface area contributed by atoms with Crippen LogP contribution in [0.1, 0.15) is 85.5 Å². The van der Waals surface area contributed by atoms with Crippen LogP contribution in [0.4, 0.5) is 0 Å². The summed E-state index contributed by atoms with van der Waals surface area (Å²) in [4.78, 5) is 10.7. The van der Waals surface area contributed by atoms with E-state index in [1.807, 2.05) is 0 Å². The minimum Gasteiger partial charge on any atom is -0.464 e. The van der Waals surface area contributed by atoms with Crippen LogP contribution in [0.3, 0.4) is 0 Å². The lowest BCUT2D eigenvalue weighted by atomic mass is 9.57. The maximum absolute atomic E-state index is 10.7. The van der Waals surface area contributed by atoms with Crippen molar-refractivity contribution in [1.29, 1.82) is 0 Å². The van der Waals surface area contributed by atoms with E-state index in [1.54, 1.807) is 5.57 Å². The second kappa shape index (κ2) is 6.84. The van der Waals surface area contributed by atoms with Gasteiger partial charge in [0.15, 0.2) is 0 Å². The van der Waals surface area contributed by atoms with Crippen molar-refractivity contribution in [2.75, 3.05) is 0 Å². The first-order valence-electron chi connectivity index (χ1n) is 10.3. The Morgan fingerprint density at radius 3 is 2.71 bits per heavy atom. The number of rotatable bonds is 5. The van der Waals surface area contributed by atoms with E-state index < -0.39 is 0 Å². The van der Waals surface area contributed by atoms with Crippen molar-refractivity contribution in [3.63, 3.8) is 0 Å². The lowest BCUT2D eigenvalue weighted by Gasteiger charge is -2.48. The minimum atomic E-state index is 0.121. The van der Waals surface area contributed by atoms with Gasteiger partial charge in [-0.1, -0.05) is 52.2 Å². The van der Waals surface area contributed by atoms with Crippen molar-refractivity contribution in [1.82, 2.24) is 0 Å². The Morgan fingerprint density at radius 1 is 1.25 bits per heavy atom. The fourth-order valence-corrected chi connectivity index (χ4v) is 6.59. The monoisotopic (exact) mass is 332 g/mol. The van der Waals surface area contributed by atoms with Crippen molar-refractivity contribution in [2.45, 2.75) is 91.6 Å². The lowest BCUT2D eigenvalue weighted by molar-refractivity contribution is -0.135. The van der Waals surface area contributed by atoms with Crippen LogP contribution in [0.2, 0.25) is 0 Å². The molecule has 0 aromatic carbocycles. The quantitative estimate of drug-likeness (QED) is 0.462. The second-order valence-electron chi connectivity index (χ2n) is 9.24. The van der Waals surface area contributed by atoms with Gasteiger partial charge in [-0.05, 0) is 67.1 Å². The van der Waals surface area contributed by atoms with Gasteiger partial charge >= 0.3 is 0 Å². The highest BCUT2D eigenvalue weighted by Crippen LogP contribution is 2.59. The van der Waals surface area contributed by atoms with Crippen LogP contribution in [0.15, 0.2) is 11.6 Å². The highest BCUT2D eigenvalue weighted by molar-refractivity contribution is 5.38. The summed E-state index contributed by atoms with van der Waals surface area (Å²) in [7, 11) is 0. The van der Waals surface area contributed by atoms with E-state index in [4.69, 9.17) is 4.74 Å². The maximum atomic E-state index is 10.7. The first-order chi connectivity index (χ1) is 11.5. The van der Waals surface area contributed by atoms with Gasteiger partial charge in [-0.2, -0.15) is 0 Å². The number of fused-ring (bicyclic) bond motifs is 1. The Bertz CT molecular complexity index is 496.